The van der Waals surface area contributed by atoms with Gasteiger partial charge in [0.1, 0.15) is 6.04 Å². The molecule has 2 aromatic rings. The van der Waals surface area contributed by atoms with Crippen LogP contribution in [-0.2, 0) is 16.1 Å². The Morgan fingerprint density at radius 3 is 2.86 bits per heavy atom. The lowest BCUT2D eigenvalue weighted by molar-refractivity contribution is -0.139. The number of likely N-dealkylation sites (tertiary alicyclic amines) is 1. The molecule has 2 aliphatic rings. The van der Waals surface area contributed by atoms with E-state index < -0.39 is 0 Å². The number of aryl methyl sites for hydroxylation is 1. The molecule has 2 fully saturated rings. The van der Waals surface area contributed by atoms with E-state index in [4.69, 9.17) is 0 Å². The molecule has 0 radical (unpaired) electrons. The molecule has 1 aromatic heterocycles. The fourth-order valence-electron chi connectivity index (χ4n) is 3.44. The molecule has 2 amide bonds. The third-order valence-electron chi connectivity index (χ3n) is 4.50. The number of H-pyrrole nitrogens is 1. The molecule has 2 atom stereocenters. The molecule has 0 aliphatic carbocycles. The zero-order chi connectivity index (χ0) is 15.3. The van der Waals surface area contributed by atoms with Gasteiger partial charge in [-0.2, -0.15) is 0 Å². The number of nitrogens with one attached hydrogen (secondary N) is 2. The Morgan fingerprint density at radius 1 is 1.27 bits per heavy atom. The van der Waals surface area contributed by atoms with Gasteiger partial charge in [0.15, 0.2) is 0 Å². The maximum absolute atomic E-state index is 12.3. The topological polar surface area (TPSA) is 87.2 Å². The molecule has 0 unspecified atom stereocenters. The van der Waals surface area contributed by atoms with Gasteiger partial charge in [0.25, 0.3) is 0 Å². The summed E-state index contributed by atoms with van der Waals surface area (Å²) in [5, 5.41) is 2.85. The first kappa shape index (κ1) is 13.1. The van der Waals surface area contributed by atoms with E-state index in [1.807, 2.05) is 24.3 Å². The molecule has 0 saturated carbocycles. The van der Waals surface area contributed by atoms with Gasteiger partial charge < -0.3 is 15.2 Å². The molecule has 2 aliphatic heterocycles. The summed E-state index contributed by atoms with van der Waals surface area (Å²) in [5.41, 5.74) is 1.34. The number of aromatic amines is 1. The van der Waals surface area contributed by atoms with Crippen molar-refractivity contribution < 1.29 is 9.59 Å². The minimum Gasteiger partial charge on any atom is -0.350 e. The van der Waals surface area contributed by atoms with Crippen molar-refractivity contribution in [1.29, 1.82) is 0 Å². The van der Waals surface area contributed by atoms with Gasteiger partial charge in [-0.25, -0.2) is 4.79 Å². The van der Waals surface area contributed by atoms with Crippen molar-refractivity contribution in [1.82, 2.24) is 19.8 Å². The molecule has 2 saturated heterocycles. The number of fused-ring (bicyclic) bond motifs is 3. The van der Waals surface area contributed by atoms with Gasteiger partial charge in [-0.15, -0.1) is 0 Å². The van der Waals surface area contributed by atoms with Crippen LogP contribution in [0.25, 0.3) is 11.0 Å². The van der Waals surface area contributed by atoms with Crippen LogP contribution in [0.4, 0.5) is 0 Å². The van der Waals surface area contributed by atoms with Gasteiger partial charge in [-0.1, -0.05) is 12.1 Å². The predicted molar refractivity (Wildman–Crippen MR) is 79.2 cm³/mol. The Balaban J connectivity index is 1.50. The van der Waals surface area contributed by atoms with Crippen molar-refractivity contribution in [2.75, 3.05) is 6.54 Å². The number of carbonyl (C=O) groups excluding carboxylic acids is 2. The predicted octanol–water partition coefficient (Wildman–Crippen LogP) is -0.181. The van der Waals surface area contributed by atoms with Crippen molar-refractivity contribution in [3.05, 3.63) is 34.7 Å². The quantitative estimate of drug-likeness (QED) is 0.824. The molecule has 7 heteroatoms. The summed E-state index contributed by atoms with van der Waals surface area (Å²) in [6, 6.07) is 7.17. The van der Waals surface area contributed by atoms with Gasteiger partial charge in [-0.05, 0) is 18.6 Å². The molecule has 3 heterocycles. The van der Waals surface area contributed by atoms with E-state index in [1.54, 1.807) is 9.47 Å². The van der Waals surface area contributed by atoms with E-state index in [0.717, 1.165) is 11.0 Å². The highest BCUT2D eigenvalue weighted by Crippen LogP contribution is 2.25. The second-order valence-electron chi connectivity index (χ2n) is 5.85. The molecular formula is C15H16N4O3. The molecule has 2 N–H and O–H groups in total. The summed E-state index contributed by atoms with van der Waals surface area (Å²) >= 11 is 0. The lowest BCUT2D eigenvalue weighted by Gasteiger charge is -2.26. The first-order valence-corrected chi connectivity index (χ1v) is 7.41. The van der Waals surface area contributed by atoms with E-state index in [-0.39, 0.29) is 36.0 Å². The highest BCUT2D eigenvalue weighted by Gasteiger charge is 2.45. The molecular weight excluding hydrogens is 284 g/mol. The molecule has 0 spiro atoms. The highest BCUT2D eigenvalue weighted by molar-refractivity contribution is 5.91. The van der Waals surface area contributed by atoms with E-state index in [1.165, 1.54) is 0 Å². The number of hydrogen-bond donors (Lipinski definition) is 2. The third kappa shape index (κ3) is 1.93. The lowest BCUT2D eigenvalue weighted by Crippen LogP contribution is -2.50. The number of carbonyl (C=O) groups is 2. The number of nitrogens with zero attached hydrogens (tertiary/aromatic N) is 2. The number of para-hydroxylation sites is 2. The van der Waals surface area contributed by atoms with Crippen molar-refractivity contribution in [2.24, 2.45) is 0 Å². The van der Waals surface area contributed by atoms with Crippen molar-refractivity contribution in [2.45, 2.75) is 31.5 Å². The number of hydrogen-bond acceptors (Lipinski definition) is 3. The van der Waals surface area contributed by atoms with E-state index in [9.17, 15) is 14.4 Å². The fraction of sp³-hybridized carbons (Fsp3) is 0.400. The Bertz CT molecular complexity index is 822. The fourth-order valence-corrected chi connectivity index (χ4v) is 3.44. The summed E-state index contributed by atoms with van der Waals surface area (Å²) in [5.74, 6) is -0.131. The molecule has 22 heavy (non-hydrogen) atoms. The van der Waals surface area contributed by atoms with Crippen LogP contribution in [0.1, 0.15) is 12.8 Å². The smallest absolute Gasteiger partial charge is 0.326 e. The Labute approximate surface area is 125 Å². The van der Waals surface area contributed by atoms with Crippen molar-refractivity contribution >= 4 is 22.8 Å². The van der Waals surface area contributed by atoms with E-state index in [0.29, 0.717) is 19.5 Å². The van der Waals surface area contributed by atoms with Gasteiger partial charge in [0.2, 0.25) is 11.8 Å². The second kappa shape index (κ2) is 4.72. The van der Waals surface area contributed by atoms with E-state index in [2.05, 4.69) is 10.3 Å². The van der Waals surface area contributed by atoms with Gasteiger partial charge in [-0.3, -0.25) is 14.2 Å². The molecule has 7 nitrogen and oxygen atoms in total. The first-order valence-electron chi connectivity index (χ1n) is 7.41. The minimum absolute atomic E-state index is 0.0612. The van der Waals surface area contributed by atoms with Crippen LogP contribution in [0.3, 0.4) is 0 Å². The standard InChI is InChI=1S/C15H16N4O3/c20-13(19-8-9-7-12(19)14(21)16-9)5-6-18-11-4-2-1-3-10(11)17-15(18)22/h1-4,9,12H,5-8H2,(H,16,21)(H,17,22)/t9-,12-/m0/s1. The maximum Gasteiger partial charge on any atom is 0.326 e. The average Bonchev–Trinajstić information content (AvgIpc) is 3.16. The largest absolute Gasteiger partial charge is 0.350 e. The van der Waals surface area contributed by atoms with Crippen molar-refractivity contribution in [3.8, 4) is 0 Å². The first-order chi connectivity index (χ1) is 10.6. The Kier molecular flexibility index (Phi) is 2.82. The van der Waals surface area contributed by atoms with Gasteiger partial charge >= 0.3 is 5.69 Å². The number of aromatic nitrogens is 2. The normalized spacial score (nSPS) is 23.3. The number of benzene rings is 1. The van der Waals surface area contributed by atoms with Crippen LogP contribution >= 0.6 is 0 Å². The van der Waals surface area contributed by atoms with Crippen LogP contribution < -0.4 is 11.0 Å². The van der Waals surface area contributed by atoms with Crippen LogP contribution in [0, 0.1) is 0 Å². The molecule has 4 rings (SSSR count). The Morgan fingerprint density at radius 2 is 2.09 bits per heavy atom. The van der Waals surface area contributed by atoms with E-state index >= 15 is 0 Å². The molecule has 1 aromatic carbocycles. The SMILES string of the molecule is O=C1N[C@H]2C[C@@H]1N(C(=O)CCn1c(=O)[nH]c3ccccc31)C2. The maximum atomic E-state index is 12.3. The van der Waals surface area contributed by atoms with Crippen molar-refractivity contribution in [3.63, 3.8) is 0 Å². The monoisotopic (exact) mass is 300 g/mol. The molecule has 2 bridgehead atoms. The second-order valence-corrected chi connectivity index (χ2v) is 5.85. The minimum atomic E-state index is -0.322. The zero-order valence-corrected chi connectivity index (χ0v) is 11.9. The summed E-state index contributed by atoms with van der Waals surface area (Å²) < 4.78 is 1.57. The summed E-state index contributed by atoms with van der Waals surface area (Å²) in [6.45, 7) is 0.898. The Hall–Kier alpha value is -2.57. The lowest BCUT2D eigenvalue weighted by atomic mass is 10.2. The number of rotatable bonds is 3. The highest BCUT2D eigenvalue weighted by atomic mass is 16.2. The number of amides is 2. The molecule has 114 valence electrons. The van der Waals surface area contributed by atoms with Gasteiger partial charge in [0, 0.05) is 25.6 Å². The number of imidazole rings is 1. The zero-order valence-electron chi connectivity index (χ0n) is 11.9. The summed E-state index contributed by atoms with van der Waals surface area (Å²) in [4.78, 5) is 40.4. The van der Waals surface area contributed by atoms with Crippen LogP contribution in [-0.4, -0.2) is 44.9 Å². The van der Waals surface area contributed by atoms with Crippen LogP contribution in [0.2, 0.25) is 0 Å². The van der Waals surface area contributed by atoms with Crippen LogP contribution in [0.5, 0.6) is 0 Å². The summed E-state index contributed by atoms with van der Waals surface area (Å²) in [6.07, 6.45) is 0.926. The average molecular weight is 300 g/mol. The van der Waals surface area contributed by atoms with Crippen LogP contribution in [0.15, 0.2) is 29.1 Å². The summed E-state index contributed by atoms with van der Waals surface area (Å²) in [7, 11) is 0. The third-order valence-corrected chi connectivity index (χ3v) is 4.50. The van der Waals surface area contributed by atoms with Gasteiger partial charge in [0.05, 0.1) is 11.0 Å². The number of piperazine rings is 1.